The Hall–Kier alpha value is -1.69. The molecule has 3 rings (SSSR count). The predicted octanol–water partition coefficient (Wildman–Crippen LogP) is 2.23. The lowest BCUT2D eigenvalue weighted by molar-refractivity contribution is -0.140. The maximum Gasteiger partial charge on any atom is 0.326 e. The zero-order valence-electron chi connectivity index (χ0n) is 11.4. The van der Waals surface area contributed by atoms with Gasteiger partial charge in [0.25, 0.3) is 5.56 Å². The van der Waals surface area contributed by atoms with Crippen molar-refractivity contribution in [2.45, 2.75) is 39.2 Å². The molecule has 2 aromatic rings. The minimum atomic E-state index is -1.02. The van der Waals surface area contributed by atoms with Crippen LogP contribution in [0.15, 0.2) is 11.1 Å². The molecule has 1 aliphatic rings. The molecule has 5 nitrogen and oxygen atoms in total. The third-order valence-electron chi connectivity index (χ3n) is 4.02. The number of nitrogens with zero attached hydrogens (tertiary/aromatic N) is 2. The van der Waals surface area contributed by atoms with Crippen molar-refractivity contribution < 1.29 is 9.90 Å². The van der Waals surface area contributed by atoms with Crippen molar-refractivity contribution in [1.29, 1.82) is 0 Å². The minimum absolute atomic E-state index is 0.225. The van der Waals surface area contributed by atoms with E-state index in [4.69, 9.17) is 5.11 Å². The van der Waals surface area contributed by atoms with E-state index in [0.29, 0.717) is 11.3 Å². The van der Waals surface area contributed by atoms with E-state index in [1.165, 1.54) is 22.7 Å². The molecule has 2 atom stereocenters. The molecule has 0 aliphatic heterocycles. The quantitative estimate of drug-likeness (QED) is 0.921. The maximum atomic E-state index is 12.6. The van der Waals surface area contributed by atoms with Crippen molar-refractivity contribution in [3.63, 3.8) is 0 Å². The van der Waals surface area contributed by atoms with Gasteiger partial charge in [-0.05, 0) is 37.7 Å². The highest BCUT2D eigenvalue weighted by Crippen LogP contribution is 2.35. The van der Waals surface area contributed by atoms with Crippen LogP contribution in [0, 0.1) is 5.92 Å². The van der Waals surface area contributed by atoms with Crippen LogP contribution in [0.4, 0.5) is 0 Å². The first-order valence-electron chi connectivity index (χ1n) is 6.73. The minimum Gasteiger partial charge on any atom is -0.480 e. The predicted molar refractivity (Wildman–Crippen MR) is 77.4 cm³/mol. The molecule has 0 saturated carbocycles. The second-order valence-corrected chi connectivity index (χ2v) is 6.59. The average Bonchev–Trinajstić information content (AvgIpc) is 2.76. The summed E-state index contributed by atoms with van der Waals surface area (Å²) in [6.45, 7) is 3.71. The molecule has 2 aromatic heterocycles. The Morgan fingerprint density at radius 3 is 3.05 bits per heavy atom. The topological polar surface area (TPSA) is 72.2 Å². The van der Waals surface area contributed by atoms with Gasteiger partial charge in [-0.1, -0.05) is 6.92 Å². The van der Waals surface area contributed by atoms with E-state index in [1.807, 2.05) is 0 Å². The highest BCUT2D eigenvalue weighted by Gasteiger charge is 2.24. The number of aryl methyl sites for hydroxylation is 1. The molecular weight excluding hydrogens is 276 g/mol. The van der Waals surface area contributed by atoms with Gasteiger partial charge in [0.2, 0.25) is 0 Å². The zero-order valence-corrected chi connectivity index (χ0v) is 12.2. The van der Waals surface area contributed by atoms with Gasteiger partial charge in [-0.3, -0.25) is 9.36 Å². The molecule has 106 valence electrons. The molecule has 2 heterocycles. The number of hydrogen-bond acceptors (Lipinski definition) is 4. The van der Waals surface area contributed by atoms with Crippen LogP contribution in [0.25, 0.3) is 10.2 Å². The number of aliphatic carboxylic acids is 1. The summed E-state index contributed by atoms with van der Waals surface area (Å²) in [5.41, 5.74) is 0.865. The van der Waals surface area contributed by atoms with Gasteiger partial charge in [0.15, 0.2) is 0 Å². The Balaban J connectivity index is 2.23. The van der Waals surface area contributed by atoms with Gasteiger partial charge >= 0.3 is 5.97 Å². The molecule has 0 unspecified atom stereocenters. The van der Waals surface area contributed by atoms with E-state index in [1.54, 1.807) is 11.3 Å². The lowest BCUT2D eigenvalue weighted by Gasteiger charge is -2.17. The van der Waals surface area contributed by atoms with Crippen molar-refractivity contribution >= 4 is 27.5 Å². The van der Waals surface area contributed by atoms with Gasteiger partial charge in [-0.15, -0.1) is 11.3 Å². The third-order valence-corrected chi connectivity index (χ3v) is 5.18. The first kappa shape index (κ1) is 13.3. The molecule has 0 amide bonds. The van der Waals surface area contributed by atoms with Gasteiger partial charge < -0.3 is 5.11 Å². The van der Waals surface area contributed by atoms with Crippen LogP contribution >= 0.6 is 11.3 Å². The van der Waals surface area contributed by atoms with E-state index >= 15 is 0 Å². The Morgan fingerprint density at radius 1 is 1.60 bits per heavy atom. The third kappa shape index (κ3) is 1.95. The number of carbonyl (C=O) groups is 1. The number of thiophene rings is 1. The molecular formula is C14H16N2O3S. The van der Waals surface area contributed by atoms with Gasteiger partial charge in [0, 0.05) is 4.88 Å². The lowest BCUT2D eigenvalue weighted by Crippen LogP contribution is -2.28. The molecule has 0 bridgehead atoms. The number of hydrogen-bond donors (Lipinski definition) is 1. The van der Waals surface area contributed by atoms with Gasteiger partial charge in [0.05, 0.1) is 11.7 Å². The van der Waals surface area contributed by atoms with Crippen molar-refractivity contribution in [3.8, 4) is 0 Å². The van der Waals surface area contributed by atoms with Crippen LogP contribution in [0.1, 0.15) is 36.8 Å². The fraction of sp³-hybridized carbons (Fsp3) is 0.500. The summed E-state index contributed by atoms with van der Waals surface area (Å²) in [6.07, 6.45) is 4.31. The zero-order chi connectivity index (χ0) is 14.4. The summed E-state index contributed by atoms with van der Waals surface area (Å²) in [7, 11) is 0. The molecule has 20 heavy (non-hydrogen) atoms. The molecule has 0 fully saturated rings. The summed E-state index contributed by atoms with van der Waals surface area (Å²) in [5, 5.41) is 9.70. The molecule has 1 aliphatic carbocycles. The van der Waals surface area contributed by atoms with E-state index in [0.717, 1.165) is 29.7 Å². The summed E-state index contributed by atoms with van der Waals surface area (Å²) < 4.78 is 1.22. The summed E-state index contributed by atoms with van der Waals surface area (Å²) in [4.78, 5) is 29.9. The van der Waals surface area contributed by atoms with Crippen LogP contribution in [-0.2, 0) is 17.6 Å². The molecule has 1 N–H and O–H groups in total. The fourth-order valence-electron chi connectivity index (χ4n) is 2.74. The SMILES string of the molecule is C[C@@H]1CCc2c(sc3ncn([C@@H](C)C(=O)O)c(=O)c23)C1. The molecule has 0 saturated heterocycles. The van der Waals surface area contributed by atoms with Gasteiger partial charge in [-0.25, -0.2) is 9.78 Å². The van der Waals surface area contributed by atoms with E-state index < -0.39 is 12.0 Å². The van der Waals surface area contributed by atoms with E-state index in [-0.39, 0.29) is 5.56 Å². The Bertz CT molecular complexity index is 747. The molecule has 0 radical (unpaired) electrons. The standard InChI is InChI=1S/C14H16N2O3S/c1-7-3-4-9-10(5-7)20-12-11(9)13(17)16(6-15-12)8(2)14(18)19/h6-8H,3-5H2,1-2H3,(H,18,19)/t7-,8+/m1/s1. The highest BCUT2D eigenvalue weighted by atomic mass is 32.1. The number of carboxylic acid groups (broad SMARTS) is 1. The largest absolute Gasteiger partial charge is 0.480 e. The van der Waals surface area contributed by atoms with Crippen LogP contribution in [0.5, 0.6) is 0 Å². The highest BCUT2D eigenvalue weighted by molar-refractivity contribution is 7.18. The molecule has 0 spiro atoms. The first-order chi connectivity index (χ1) is 9.49. The van der Waals surface area contributed by atoms with Gasteiger partial charge in [-0.2, -0.15) is 0 Å². The Morgan fingerprint density at radius 2 is 2.35 bits per heavy atom. The van der Waals surface area contributed by atoms with Crippen molar-refractivity contribution in [2.75, 3.05) is 0 Å². The number of fused-ring (bicyclic) bond motifs is 3. The van der Waals surface area contributed by atoms with Crippen molar-refractivity contribution in [3.05, 3.63) is 27.1 Å². The number of rotatable bonds is 2. The van der Waals surface area contributed by atoms with Gasteiger partial charge in [0.1, 0.15) is 10.9 Å². The smallest absolute Gasteiger partial charge is 0.326 e. The van der Waals surface area contributed by atoms with Crippen molar-refractivity contribution in [1.82, 2.24) is 9.55 Å². The molecule has 0 aromatic carbocycles. The second kappa shape index (κ2) is 4.70. The Labute approximate surface area is 119 Å². The van der Waals surface area contributed by atoms with Crippen LogP contribution in [0.3, 0.4) is 0 Å². The summed E-state index contributed by atoms with van der Waals surface area (Å²) in [5.74, 6) is -0.387. The average molecular weight is 292 g/mol. The maximum absolute atomic E-state index is 12.6. The lowest BCUT2D eigenvalue weighted by atomic mass is 9.89. The number of aromatic nitrogens is 2. The monoisotopic (exact) mass is 292 g/mol. The van der Waals surface area contributed by atoms with E-state index in [2.05, 4.69) is 11.9 Å². The molecule has 6 heteroatoms. The van der Waals surface area contributed by atoms with Crippen LogP contribution in [0.2, 0.25) is 0 Å². The normalized spacial score (nSPS) is 19.8. The second-order valence-electron chi connectivity index (χ2n) is 5.50. The van der Waals surface area contributed by atoms with Crippen LogP contribution < -0.4 is 5.56 Å². The fourth-order valence-corrected chi connectivity index (χ4v) is 4.08. The first-order valence-corrected chi connectivity index (χ1v) is 7.55. The summed E-state index contributed by atoms with van der Waals surface area (Å²) in [6, 6.07) is -0.891. The number of carboxylic acids is 1. The summed E-state index contributed by atoms with van der Waals surface area (Å²) >= 11 is 1.57. The Kier molecular flexibility index (Phi) is 3.12. The van der Waals surface area contributed by atoms with E-state index in [9.17, 15) is 9.59 Å². The van der Waals surface area contributed by atoms with Crippen molar-refractivity contribution in [2.24, 2.45) is 5.92 Å². The van der Waals surface area contributed by atoms with Crippen LogP contribution in [-0.4, -0.2) is 20.6 Å².